The Balaban J connectivity index is 1.78. The molecule has 1 aliphatic heterocycles. The summed E-state index contributed by atoms with van der Waals surface area (Å²) >= 11 is 0. The van der Waals surface area contributed by atoms with E-state index in [0.717, 1.165) is 38.7 Å². The molecule has 2 amide bonds. The molecule has 0 aromatic rings. The van der Waals surface area contributed by atoms with Crippen LogP contribution in [0.3, 0.4) is 0 Å². The average Bonchev–Trinajstić information content (AvgIpc) is 2.86. The fourth-order valence-electron chi connectivity index (χ4n) is 3.47. The minimum atomic E-state index is -0.106. The number of carbonyl (C=O) groups excluding carboxylic acids is 1. The molecule has 0 aromatic carbocycles. The van der Waals surface area contributed by atoms with Gasteiger partial charge in [0, 0.05) is 25.3 Å². The van der Waals surface area contributed by atoms with Gasteiger partial charge in [0.25, 0.3) is 0 Å². The summed E-state index contributed by atoms with van der Waals surface area (Å²) in [6, 6.07) is 0.166. The van der Waals surface area contributed by atoms with Crippen molar-refractivity contribution < 1.29 is 14.6 Å². The Hall–Kier alpha value is -0.810. The third kappa shape index (κ3) is 4.09. The van der Waals surface area contributed by atoms with Crippen LogP contribution in [0.1, 0.15) is 58.3 Å². The van der Waals surface area contributed by atoms with Gasteiger partial charge in [-0.05, 0) is 38.5 Å². The van der Waals surface area contributed by atoms with Crippen molar-refractivity contribution in [1.82, 2.24) is 10.6 Å². The molecule has 5 nitrogen and oxygen atoms in total. The van der Waals surface area contributed by atoms with E-state index in [2.05, 4.69) is 10.6 Å². The molecule has 2 atom stereocenters. The van der Waals surface area contributed by atoms with E-state index in [1.54, 1.807) is 0 Å². The fraction of sp³-hybridized carbons (Fsp3) is 0.933. The summed E-state index contributed by atoms with van der Waals surface area (Å²) in [7, 11) is 0. The van der Waals surface area contributed by atoms with Crippen LogP contribution in [0, 0.1) is 0 Å². The number of aliphatic hydroxyl groups is 1. The molecule has 2 fully saturated rings. The van der Waals surface area contributed by atoms with E-state index in [1.165, 1.54) is 12.8 Å². The van der Waals surface area contributed by atoms with Crippen LogP contribution in [0.5, 0.6) is 0 Å². The summed E-state index contributed by atoms with van der Waals surface area (Å²) < 4.78 is 5.97. The van der Waals surface area contributed by atoms with E-state index in [9.17, 15) is 4.79 Å². The molecule has 3 N–H and O–H groups in total. The van der Waals surface area contributed by atoms with Crippen LogP contribution in [0.25, 0.3) is 0 Å². The third-order valence-electron chi connectivity index (χ3n) is 4.65. The molecule has 5 heteroatoms. The third-order valence-corrected chi connectivity index (χ3v) is 4.65. The van der Waals surface area contributed by atoms with Crippen LogP contribution in [-0.4, -0.2) is 42.0 Å². The first-order valence-electron chi connectivity index (χ1n) is 7.99. The van der Waals surface area contributed by atoms with Gasteiger partial charge in [-0.2, -0.15) is 0 Å². The monoisotopic (exact) mass is 284 g/mol. The van der Waals surface area contributed by atoms with Gasteiger partial charge in [-0.1, -0.05) is 19.8 Å². The van der Waals surface area contributed by atoms with Crippen molar-refractivity contribution >= 4 is 6.03 Å². The Kier molecular flexibility index (Phi) is 5.66. The highest BCUT2D eigenvalue weighted by Crippen LogP contribution is 2.39. The summed E-state index contributed by atoms with van der Waals surface area (Å²) in [4.78, 5) is 12.0. The van der Waals surface area contributed by atoms with Crippen molar-refractivity contribution in [2.45, 2.75) is 76.0 Å². The number of ether oxygens (including phenoxy) is 1. The Morgan fingerprint density at radius 2 is 2.20 bits per heavy atom. The van der Waals surface area contributed by atoms with Gasteiger partial charge in [0.05, 0.1) is 5.60 Å². The highest BCUT2D eigenvalue weighted by molar-refractivity contribution is 5.74. The number of amides is 2. The highest BCUT2D eigenvalue weighted by Gasteiger charge is 2.40. The zero-order valence-electron chi connectivity index (χ0n) is 12.5. The Morgan fingerprint density at radius 3 is 2.85 bits per heavy atom. The maximum absolute atomic E-state index is 12.0. The molecule has 1 aliphatic carbocycles. The second-order valence-electron chi connectivity index (χ2n) is 6.16. The summed E-state index contributed by atoms with van der Waals surface area (Å²) in [6.45, 7) is 2.88. The van der Waals surface area contributed by atoms with Gasteiger partial charge >= 0.3 is 6.03 Å². The molecule has 2 aliphatic rings. The predicted octanol–water partition coefficient (Wildman–Crippen LogP) is 1.94. The minimum absolute atomic E-state index is 0.0332. The van der Waals surface area contributed by atoms with Crippen molar-refractivity contribution in [2.24, 2.45) is 0 Å². The smallest absolute Gasteiger partial charge is 0.315 e. The van der Waals surface area contributed by atoms with Crippen LogP contribution in [-0.2, 0) is 4.74 Å². The van der Waals surface area contributed by atoms with Gasteiger partial charge in [-0.25, -0.2) is 4.79 Å². The molecular weight excluding hydrogens is 256 g/mol. The predicted molar refractivity (Wildman–Crippen MR) is 77.6 cm³/mol. The largest absolute Gasteiger partial charge is 0.396 e. The number of hydrogen-bond donors (Lipinski definition) is 3. The summed E-state index contributed by atoms with van der Waals surface area (Å²) in [5.41, 5.74) is 0.0332. The quantitative estimate of drug-likeness (QED) is 0.722. The summed E-state index contributed by atoms with van der Waals surface area (Å²) in [6.07, 6.45) is 8.04. The molecule has 116 valence electrons. The Labute approximate surface area is 121 Å². The van der Waals surface area contributed by atoms with Crippen molar-refractivity contribution in [3.05, 3.63) is 0 Å². The second-order valence-corrected chi connectivity index (χ2v) is 6.16. The molecule has 0 bridgehead atoms. The van der Waals surface area contributed by atoms with Crippen molar-refractivity contribution in [1.29, 1.82) is 0 Å². The highest BCUT2D eigenvalue weighted by atomic mass is 16.5. The van der Waals surface area contributed by atoms with Crippen molar-refractivity contribution in [3.63, 3.8) is 0 Å². The van der Waals surface area contributed by atoms with Gasteiger partial charge < -0.3 is 20.5 Å². The standard InChI is InChI=1S/C15H28N2O3/c1-2-12(5-9-18)16-14(19)17-13-6-10-20-15(11-13)7-3-4-8-15/h12-13,18H,2-11H2,1H3,(H2,16,17,19). The van der Waals surface area contributed by atoms with Crippen molar-refractivity contribution in [3.8, 4) is 0 Å². The number of nitrogens with one attached hydrogen (secondary N) is 2. The number of rotatable bonds is 5. The van der Waals surface area contributed by atoms with Gasteiger partial charge in [-0.3, -0.25) is 0 Å². The van der Waals surface area contributed by atoms with Gasteiger partial charge in [0.1, 0.15) is 0 Å². The molecule has 2 unspecified atom stereocenters. The molecule has 1 saturated carbocycles. The topological polar surface area (TPSA) is 70.6 Å². The number of urea groups is 1. The first-order valence-corrected chi connectivity index (χ1v) is 7.99. The molecule has 1 saturated heterocycles. The molecule has 2 rings (SSSR count). The lowest BCUT2D eigenvalue weighted by atomic mass is 9.89. The maximum atomic E-state index is 12.0. The van der Waals surface area contributed by atoms with E-state index in [1.807, 2.05) is 6.92 Å². The summed E-state index contributed by atoms with van der Waals surface area (Å²) in [5, 5.41) is 15.0. The minimum Gasteiger partial charge on any atom is -0.396 e. The lowest BCUT2D eigenvalue weighted by Crippen LogP contribution is -2.51. The lowest BCUT2D eigenvalue weighted by Gasteiger charge is -2.38. The molecule has 20 heavy (non-hydrogen) atoms. The average molecular weight is 284 g/mol. The summed E-state index contributed by atoms with van der Waals surface area (Å²) in [5.74, 6) is 0. The van der Waals surface area contributed by atoms with Gasteiger partial charge in [0.2, 0.25) is 0 Å². The lowest BCUT2D eigenvalue weighted by molar-refractivity contribution is -0.0820. The SMILES string of the molecule is CCC(CCO)NC(=O)NC1CCOC2(CCCC2)C1. The van der Waals surface area contributed by atoms with Crippen molar-refractivity contribution in [2.75, 3.05) is 13.2 Å². The molecule has 1 spiro atoms. The van der Waals surface area contributed by atoms with E-state index >= 15 is 0 Å². The Bertz CT molecular complexity index is 316. The normalized spacial score (nSPS) is 26.4. The zero-order chi connectivity index (χ0) is 14.4. The van der Waals surface area contributed by atoms with E-state index < -0.39 is 0 Å². The zero-order valence-corrected chi connectivity index (χ0v) is 12.5. The first kappa shape index (κ1) is 15.6. The van der Waals surface area contributed by atoms with Gasteiger partial charge in [0.15, 0.2) is 0 Å². The fourth-order valence-corrected chi connectivity index (χ4v) is 3.47. The van der Waals surface area contributed by atoms with Crippen LogP contribution in [0.4, 0.5) is 4.79 Å². The number of aliphatic hydroxyl groups excluding tert-OH is 1. The Morgan fingerprint density at radius 1 is 1.45 bits per heavy atom. The van der Waals surface area contributed by atoms with E-state index in [0.29, 0.717) is 6.42 Å². The first-order chi connectivity index (χ1) is 9.67. The molecule has 1 heterocycles. The molecule has 0 radical (unpaired) electrons. The van der Waals surface area contributed by atoms with E-state index in [4.69, 9.17) is 9.84 Å². The molecule has 0 aromatic heterocycles. The van der Waals surface area contributed by atoms with Crippen LogP contribution >= 0.6 is 0 Å². The molecular formula is C15H28N2O3. The van der Waals surface area contributed by atoms with Crippen LogP contribution in [0.2, 0.25) is 0 Å². The van der Waals surface area contributed by atoms with Crippen LogP contribution in [0.15, 0.2) is 0 Å². The van der Waals surface area contributed by atoms with Crippen LogP contribution < -0.4 is 10.6 Å². The van der Waals surface area contributed by atoms with Gasteiger partial charge in [-0.15, -0.1) is 0 Å². The number of carbonyl (C=O) groups is 1. The second kappa shape index (κ2) is 7.27. The maximum Gasteiger partial charge on any atom is 0.315 e. The number of hydrogen-bond acceptors (Lipinski definition) is 3. The van der Waals surface area contributed by atoms with E-state index in [-0.39, 0.29) is 30.3 Å².